The molecule has 0 saturated carbocycles. The maximum Gasteiger partial charge on any atom is 0.332 e. The second-order valence-corrected chi connectivity index (χ2v) is 6.22. The number of rotatable bonds is 6. The van der Waals surface area contributed by atoms with Gasteiger partial charge in [-0.3, -0.25) is 4.79 Å². The Kier molecular flexibility index (Phi) is 5.71. The van der Waals surface area contributed by atoms with Crippen LogP contribution in [0.3, 0.4) is 0 Å². The van der Waals surface area contributed by atoms with Crippen LogP contribution < -0.4 is 5.32 Å². The Morgan fingerprint density at radius 1 is 1.26 bits per heavy atom. The first-order valence-corrected chi connectivity index (χ1v) is 7.80. The molecule has 1 aromatic carbocycles. The molecule has 5 nitrogen and oxygen atoms in total. The van der Waals surface area contributed by atoms with Crippen molar-refractivity contribution in [3.05, 3.63) is 35.6 Å². The molecule has 126 valence electrons. The lowest BCUT2D eigenvalue weighted by molar-refractivity contribution is -0.152. The lowest BCUT2D eigenvalue weighted by Crippen LogP contribution is -2.45. The summed E-state index contributed by atoms with van der Waals surface area (Å²) in [5, 5.41) is 11.8. The Bertz CT molecular complexity index is 558. The van der Waals surface area contributed by atoms with E-state index in [1.54, 1.807) is 12.1 Å². The van der Waals surface area contributed by atoms with Crippen molar-refractivity contribution in [2.45, 2.75) is 51.4 Å². The molecule has 0 radical (unpaired) electrons. The molecular formula is C17H22FNO4. The van der Waals surface area contributed by atoms with Gasteiger partial charge < -0.3 is 15.2 Å². The van der Waals surface area contributed by atoms with Gasteiger partial charge in [-0.1, -0.05) is 26.0 Å². The molecule has 1 saturated heterocycles. The summed E-state index contributed by atoms with van der Waals surface area (Å²) in [6.07, 6.45) is -0.286. The third-order valence-electron chi connectivity index (χ3n) is 4.09. The molecule has 1 aromatic rings. The third kappa shape index (κ3) is 4.76. The highest BCUT2D eigenvalue weighted by molar-refractivity contribution is 5.82. The number of aliphatic carboxylic acids is 1. The van der Waals surface area contributed by atoms with Gasteiger partial charge in [-0.15, -0.1) is 0 Å². The minimum absolute atomic E-state index is 0.125. The number of halogens is 1. The van der Waals surface area contributed by atoms with E-state index >= 15 is 0 Å². The maximum absolute atomic E-state index is 13.0. The molecule has 1 unspecified atom stereocenters. The molecule has 6 heteroatoms. The molecule has 3 atom stereocenters. The van der Waals surface area contributed by atoms with Crippen LogP contribution in [0, 0.1) is 11.7 Å². The van der Waals surface area contributed by atoms with Crippen LogP contribution in [0.25, 0.3) is 0 Å². The zero-order chi connectivity index (χ0) is 17.0. The number of hydrogen-bond donors (Lipinski definition) is 2. The quantitative estimate of drug-likeness (QED) is 0.841. The largest absolute Gasteiger partial charge is 0.479 e. The van der Waals surface area contributed by atoms with Crippen molar-refractivity contribution in [2.75, 3.05) is 0 Å². The van der Waals surface area contributed by atoms with Gasteiger partial charge in [-0.05, 0) is 42.9 Å². The highest BCUT2D eigenvalue weighted by Crippen LogP contribution is 2.21. The van der Waals surface area contributed by atoms with E-state index in [0.717, 1.165) is 5.56 Å². The van der Waals surface area contributed by atoms with E-state index in [9.17, 15) is 14.0 Å². The lowest BCUT2D eigenvalue weighted by Gasteiger charge is -2.24. The van der Waals surface area contributed by atoms with Crippen LogP contribution in [0.4, 0.5) is 4.39 Å². The maximum atomic E-state index is 13.0. The Morgan fingerprint density at radius 3 is 2.39 bits per heavy atom. The van der Waals surface area contributed by atoms with Gasteiger partial charge in [0.2, 0.25) is 5.91 Å². The number of carboxylic acids is 1. The minimum Gasteiger partial charge on any atom is -0.479 e. The van der Waals surface area contributed by atoms with Crippen molar-refractivity contribution in [3.8, 4) is 0 Å². The average molecular weight is 323 g/mol. The van der Waals surface area contributed by atoms with E-state index in [0.29, 0.717) is 19.3 Å². The number of carbonyl (C=O) groups is 2. The Balaban J connectivity index is 1.95. The van der Waals surface area contributed by atoms with E-state index in [1.165, 1.54) is 12.1 Å². The Hall–Kier alpha value is -1.95. The second kappa shape index (κ2) is 7.55. The van der Waals surface area contributed by atoms with Crippen LogP contribution in [-0.2, 0) is 20.7 Å². The van der Waals surface area contributed by atoms with Gasteiger partial charge in [0, 0.05) is 6.04 Å². The zero-order valence-corrected chi connectivity index (χ0v) is 13.3. The molecule has 1 heterocycles. The van der Waals surface area contributed by atoms with E-state index in [2.05, 4.69) is 5.32 Å². The fourth-order valence-corrected chi connectivity index (χ4v) is 2.62. The second-order valence-electron chi connectivity index (χ2n) is 6.22. The van der Waals surface area contributed by atoms with Crippen molar-refractivity contribution >= 4 is 11.9 Å². The van der Waals surface area contributed by atoms with E-state index in [4.69, 9.17) is 9.84 Å². The van der Waals surface area contributed by atoms with Crippen molar-refractivity contribution in [2.24, 2.45) is 5.92 Å². The van der Waals surface area contributed by atoms with Crippen LogP contribution in [0.5, 0.6) is 0 Å². The van der Waals surface area contributed by atoms with Gasteiger partial charge in [0.15, 0.2) is 6.10 Å². The van der Waals surface area contributed by atoms with Crippen LogP contribution >= 0.6 is 0 Å². The van der Waals surface area contributed by atoms with Crippen molar-refractivity contribution in [1.29, 1.82) is 0 Å². The number of ether oxygens (including phenoxy) is 1. The first-order valence-electron chi connectivity index (χ1n) is 7.80. The summed E-state index contributed by atoms with van der Waals surface area (Å²) in [6.45, 7) is 3.98. The number of hydrogen-bond acceptors (Lipinski definition) is 3. The summed E-state index contributed by atoms with van der Waals surface area (Å²) in [6, 6.07) is 6.06. The summed E-state index contributed by atoms with van der Waals surface area (Å²) in [5.74, 6) is -1.43. The third-order valence-corrected chi connectivity index (χ3v) is 4.09. The fourth-order valence-electron chi connectivity index (χ4n) is 2.62. The normalized spacial score (nSPS) is 22.1. The van der Waals surface area contributed by atoms with Crippen LogP contribution in [0.1, 0.15) is 32.3 Å². The van der Waals surface area contributed by atoms with E-state index in [1.807, 2.05) is 13.8 Å². The fraction of sp³-hybridized carbons (Fsp3) is 0.529. The monoisotopic (exact) mass is 323 g/mol. The molecule has 0 bridgehead atoms. The highest BCUT2D eigenvalue weighted by atomic mass is 19.1. The summed E-state index contributed by atoms with van der Waals surface area (Å²) >= 11 is 0. The van der Waals surface area contributed by atoms with Gasteiger partial charge in [-0.2, -0.15) is 0 Å². The van der Waals surface area contributed by atoms with Gasteiger partial charge in [0.25, 0.3) is 0 Å². The molecule has 2 N–H and O–H groups in total. The first kappa shape index (κ1) is 17.4. The van der Waals surface area contributed by atoms with Gasteiger partial charge in [0.1, 0.15) is 11.9 Å². The number of carboxylic acid groups (broad SMARTS) is 1. The van der Waals surface area contributed by atoms with Crippen molar-refractivity contribution in [1.82, 2.24) is 5.32 Å². The zero-order valence-electron chi connectivity index (χ0n) is 13.3. The molecule has 1 fully saturated rings. The van der Waals surface area contributed by atoms with E-state index < -0.39 is 18.2 Å². The smallest absolute Gasteiger partial charge is 0.332 e. The molecule has 1 aliphatic heterocycles. The molecule has 2 rings (SSSR count). The Morgan fingerprint density at radius 2 is 1.87 bits per heavy atom. The molecule has 1 amide bonds. The SMILES string of the molecule is CC(C)C(Cc1ccc(F)cc1)NC(=O)[C@@H]1CC[C@H](C(=O)O)O1. The molecular weight excluding hydrogens is 301 g/mol. The van der Waals surface area contributed by atoms with Gasteiger partial charge in [-0.25, -0.2) is 9.18 Å². The Labute approximate surface area is 134 Å². The number of amides is 1. The minimum atomic E-state index is -1.04. The average Bonchev–Trinajstić information content (AvgIpc) is 2.98. The van der Waals surface area contributed by atoms with Gasteiger partial charge >= 0.3 is 5.97 Å². The van der Waals surface area contributed by atoms with Crippen molar-refractivity contribution < 1.29 is 23.8 Å². The molecule has 23 heavy (non-hydrogen) atoms. The standard InChI is InChI=1S/C17H22FNO4/c1-10(2)13(9-11-3-5-12(18)6-4-11)19-16(20)14-7-8-15(23-14)17(21)22/h3-6,10,13-15H,7-9H2,1-2H3,(H,19,20)(H,21,22)/t13?,14-,15+/m0/s1. The summed E-state index contributed by atoms with van der Waals surface area (Å²) < 4.78 is 18.2. The summed E-state index contributed by atoms with van der Waals surface area (Å²) in [7, 11) is 0. The predicted octanol–water partition coefficient (Wildman–Crippen LogP) is 2.14. The van der Waals surface area contributed by atoms with E-state index in [-0.39, 0.29) is 23.7 Å². The number of benzene rings is 1. The first-order chi connectivity index (χ1) is 10.9. The molecule has 1 aliphatic rings. The van der Waals surface area contributed by atoms with Crippen molar-refractivity contribution in [3.63, 3.8) is 0 Å². The lowest BCUT2D eigenvalue weighted by atomic mass is 9.96. The number of nitrogens with one attached hydrogen (secondary N) is 1. The van der Waals surface area contributed by atoms with Crippen LogP contribution in [0.15, 0.2) is 24.3 Å². The highest BCUT2D eigenvalue weighted by Gasteiger charge is 2.35. The molecule has 0 aliphatic carbocycles. The van der Waals surface area contributed by atoms with Crippen LogP contribution in [-0.4, -0.2) is 35.2 Å². The van der Waals surface area contributed by atoms with Crippen LogP contribution in [0.2, 0.25) is 0 Å². The molecule has 0 aromatic heterocycles. The number of carbonyl (C=O) groups excluding carboxylic acids is 1. The topological polar surface area (TPSA) is 75.6 Å². The summed E-state index contributed by atoms with van der Waals surface area (Å²) in [5.41, 5.74) is 0.932. The predicted molar refractivity (Wildman–Crippen MR) is 82.4 cm³/mol. The van der Waals surface area contributed by atoms with Gasteiger partial charge in [0.05, 0.1) is 0 Å². The summed E-state index contributed by atoms with van der Waals surface area (Å²) in [4.78, 5) is 23.2. The molecule has 0 spiro atoms.